The number of carbonyl (C=O) groups is 1. The van der Waals surface area contributed by atoms with E-state index >= 15 is 0 Å². The van der Waals surface area contributed by atoms with Gasteiger partial charge in [0.2, 0.25) is 0 Å². The summed E-state index contributed by atoms with van der Waals surface area (Å²) in [5, 5.41) is 4.04. The summed E-state index contributed by atoms with van der Waals surface area (Å²) >= 11 is 1.62. The van der Waals surface area contributed by atoms with Crippen LogP contribution >= 0.6 is 11.3 Å². The number of esters is 1. The number of rotatable bonds is 3. The number of hydrogen-bond acceptors (Lipinski definition) is 5. The number of nitrogens with two attached hydrogens (primary N) is 1. The lowest BCUT2D eigenvalue weighted by Crippen LogP contribution is -2.09. The Morgan fingerprint density at radius 1 is 1.65 bits per heavy atom. The molecular formula is C11H13N3O2S. The van der Waals surface area contributed by atoms with Gasteiger partial charge < -0.3 is 15.0 Å². The van der Waals surface area contributed by atoms with E-state index in [1.807, 2.05) is 23.8 Å². The van der Waals surface area contributed by atoms with E-state index in [1.165, 1.54) is 7.11 Å². The quantitative estimate of drug-likeness (QED) is 0.842. The third kappa shape index (κ3) is 2.16. The first-order valence-electron chi connectivity index (χ1n) is 5.05. The molecule has 2 aromatic rings. The van der Waals surface area contributed by atoms with Crippen molar-refractivity contribution in [1.29, 1.82) is 0 Å². The molecule has 0 atom stereocenters. The molecule has 0 aliphatic carbocycles. The average Bonchev–Trinajstić information content (AvgIpc) is 2.91. The molecule has 0 spiro atoms. The molecule has 5 nitrogen and oxygen atoms in total. The Hall–Kier alpha value is -1.82. The molecule has 0 aromatic carbocycles. The minimum atomic E-state index is -0.505. The largest absolute Gasteiger partial charge is 0.464 e. The number of nitrogens with zero attached hydrogens (tertiary/aromatic N) is 2. The van der Waals surface area contributed by atoms with Gasteiger partial charge in [-0.15, -0.1) is 0 Å². The second-order valence-corrected chi connectivity index (χ2v) is 4.38. The molecule has 0 radical (unpaired) electrons. The summed E-state index contributed by atoms with van der Waals surface area (Å²) in [5.41, 5.74) is 7.22. The van der Waals surface area contributed by atoms with Crippen molar-refractivity contribution in [3.8, 4) is 0 Å². The van der Waals surface area contributed by atoms with Gasteiger partial charge in [0.05, 0.1) is 13.7 Å². The predicted octanol–water partition coefficient (Wildman–Crippen LogP) is 1.67. The van der Waals surface area contributed by atoms with E-state index in [4.69, 9.17) is 5.73 Å². The van der Waals surface area contributed by atoms with Crippen LogP contribution < -0.4 is 5.73 Å². The maximum absolute atomic E-state index is 11.4. The molecule has 0 saturated heterocycles. The summed E-state index contributed by atoms with van der Waals surface area (Å²) in [7, 11) is 1.31. The zero-order valence-electron chi connectivity index (χ0n) is 9.64. The van der Waals surface area contributed by atoms with Gasteiger partial charge in [0.1, 0.15) is 11.6 Å². The first kappa shape index (κ1) is 11.7. The minimum absolute atomic E-state index is 0.181. The Labute approximate surface area is 103 Å². The fraction of sp³-hybridized carbons (Fsp3) is 0.273. The molecule has 0 bridgehead atoms. The molecule has 2 rings (SSSR count). The molecule has 2 heterocycles. The standard InChI is InChI=1S/C11H13N3O2S/c1-7-13-9(11(15)16-2)10(12)14(7)5-8-3-4-17-6-8/h3-4,6H,5,12H2,1-2H3. The van der Waals surface area contributed by atoms with Gasteiger partial charge in [0.15, 0.2) is 5.69 Å². The van der Waals surface area contributed by atoms with E-state index in [9.17, 15) is 4.79 Å². The van der Waals surface area contributed by atoms with Crippen LogP contribution in [0, 0.1) is 6.92 Å². The van der Waals surface area contributed by atoms with E-state index in [2.05, 4.69) is 9.72 Å². The first-order chi connectivity index (χ1) is 8.13. The molecular weight excluding hydrogens is 238 g/mol. The van der Waals surface area contributed by atoms with Crippen LogP contribution in [0.15, 0.2) is 16.8 Å². The number of nitrogen functional groups attached to an aromatic ring is 1. The summed E-state index contributed by atoms with van der Waals surface area (Å²) in [6.45, 7) is 2.43. The number of anilines is 1. The van der Waals surface area contributed by atoms with Gasteiger partial charge in [-0.3, -0.25) is 0 Å². The van der Waals surface area contributed by atoms with E-state index in [1.54, 1.807) is 15.9 Å². The van der Waals surface area contributed by atoms with Crippen molar-refractivity contribution in [2.75, 3.05) is 12.8 Å². The lowest BCUT2D eigenvalue weighted by atomic mass is 10.3. The van der Waals surface area contributed by atoms with Gasteiger partial charge in [-0.05, 0) is 29.3 Å². The molecule has 0 aliphatic heterocycles. The third-order valence-electron chi connectivity index (χ3n) is 2.50. The molecule has 0 amide bonds. The highest BCUT2D eigenvalue weighted by Gasteiger charge is 2.19. The Morgan fingerprint density at radius 2 is 2.41 bits per heavy atom. The number of methoxy groups -OCH3 is 1. The maximum atomic E-state index is 11.4. The monoisotopic (exact) mass is 251 g/mol. The molecule has 0 unspecified atom stereocenters. The maximum Gasteiger partial charge on any atom is 0.360 e. The van der Waals surface area contributed by atoms with E-state index in [-0.39, 0.29) is 5.69 Å². The highest BCUT2D eigenvalue weighted by atomic mass is 32.1. The van der Waals surface area contributed by atoms with Crippen LogP contribution in [0.3, 0.4) is 0 Å². The van der Waals surface area contributed by atoms with Crippen molar-refractivity contribution in [3.63, 3.8) is 0 Å². The summed E-state index contributed by atoms with van der Waals surface area (Å²) in [4.78, 5) is 15.6. The number of ether oxygens (including phenoxy) is 1. The van der Waals surface area contributed by atoms with Crippen molar-refractivity contribution >= 4 is 23.1 Å². The van der Waals surface area contributed by atoms with E-state index < -0.39 is 5.97 Å². The highest BCUT2D eigenvalue weighted by molar-refractivity contribution is 7.07. The van der Waals surface area contributed by atoms with Crippen molar-refractivity contribution < 1.29 is 9.53 Å². The number of thiophene rings is 1. The fourth-order valence-corrected chi connectivity index (χ4v) is 2.25. The molecule has 0 fully saturated rings. The average molecular weight is 251 g/mol. The van der Waals surface area contributed by atoms with E-state index in [0.717, 1.165) is 5.56 Å². The van der Waals surface area contributed by atoms with Crippen molar-refractivity contribution in [2.45, 2.75) is 13.5 Å². The van der Waals surface area contributed by atoms with Gasteiger partial charge in [-0.2, -0.15) is 11.3 Å². The zero-order chi connectivity index (χ0) is 12.4. The Balaban J connectivity index is 2.35. The number of imidazole rings is 1. The molecule has 2 aromatic heterocycles. The van der Waals surface area contributed by atoms with Crippen LogP contribution in [0.1, 0.15) is 21.9 Å². The van der Waals surface area contributed by atoms with Gasteiger partial charge in [0.25, 0.3) is 0 Å². The van der Waals surface area contributed by atoms with Crippen molar-refractivity contribution in [2.24, 2.45) is 0 Å². The topological polar surface area (TPSA) is 70.1 Å². The van der Waals surface area contributed by atoms with Gasteiger partial charge in [-0.25, -0.2) is 9.78 Å². The Morgan fingerprint density at radius 3 is 3.00 bits per heavy atom. The molecule has 0 saturated carbocycles. The second kappa shape index (κ2) is 4.58. The first-order valence-corrected chi connectivity index (χ1v) is 5.99. The number of carbonyl (C=O) groups excluding carboxylic acids is 1. The van der Waals surface area contributed by atoms with Gasteiger partial charge in [-0.1, -0.05) is 0 Å². The summed E-state index contributed by atoms with van der Waals surface area (Å²) in [5.74, 6) is 0.546. The number of hydrogen-bond donors (Lipinski definition) is 1. The molecule has 2 N–H and O–H groups in total. The van der Waals surface area contributed by atoms with Crippen molar-refractivity contribution in [3.05, 3.63) is 33.9 Å². The van der Waals surface area contributed by atoms with Crippen molar-refractivity contribution in [1.82, 2.24) is 9.55 Å². The summed E-state index contributed by atoms with van der Waals surface area (Å²) < 4.78 is 6.43. The molecule has 0 aliphatic rings. The van der Waals surface area contributed by atoms with Crippen LogP contribution in [0.2, 0.25) is 0 Å². The normalized spacial score (nSPS) is 10.5. The summed E-state index contributed by atoms with van der Waals surface area (Å²) in [6, 6.07) is 2.02. The molecule has 6 heteroatoms. The van der Waals surface area contributed by atoms with Crippen LogP contribution in [-0.2, 0) is 11.3 Å². The second-order valence-electron chi connectivity index (χ2n) is 3.60. The van der Waals surface area contributed by atoms with Gasteiger partial charge in [0, 0.05) is 0 Å². The van der Waals surface area contributed by atoms with Crippen LogP contribution in [0.4, 0.5) is 5.82 Å². The Bertz CT molecular complexity index is 531. The van der Waals surface area contributed by atoms with Crippen LogP contribution in [-0.4, -0.2) is 22.6 Å². The van der Waals surface area contributed by atoms with Crippen LogP contribution in [0.25, 0.3) is 0 Å². The zero-order valence-corrected chi connectivity index (χ0v) is 10.5. The predicted molar refractivity (Wildman–Crippen MR) is 66.1 cm³/mol. The number of aromatic nitrogens is 2. The molecule has 17 heavy (non-hydrogen) atoms. The third-order valence-corrected chi connectivity index (χ3v) is 3.23. The minimum Gasteiger partial charge on any atom is -0.464 e. The van der Waals surface area contributed by atoms with E-state index in [0.29, 0.717) is 18.2 Å². The highest BCUT2D eigenvalue weighted by Crippen LogP contribution is 2.18. The van der Waals surface area contributed by atoms with Crippen LogP contribution in [0.5, 0.6) is 0 Å². The smallest absolute Gasteiger partial charge is 0.360 e. The summed E-state index contributed by atoms with van der Waals surface area (Å²) in [6.07, 6.45) is 0. The Kier molecular flexibility index (Phi) is 3.14. The number of aryl methyl sites for hydroxylation is 1. The lowest BCUT2D eigenvalue weighted by molar-refractivity contribution is 0.0595. The molecule has 90 valence electrons. The SMILES string of the molecule is COC(=O)c1nc(C)n(Cc2ccsc2)c1N. The fourth-order valence-electron chi connectivity index (χ4n) is 1.59. The lowest BCUT2D eigenvalue weighted by Gasteiger charge is -2.05. The van der Waals surface area contributed by atoms with Gasteiger partial charge >= 0.3 is 5.97 Å².